The fraction of sp³-hybridized carbons (Fsp3) is 0.0556. The highest BCUT2D eigenvalue weighted by Crippen LogP contribution is 2.32. The predicted molar refractivity (Wildman–Crippen MR) is 170 cm³/mol. The number of fused-ring (bicyclic) bond motifs is 1. The highest BCUT2D eigenvalue weighted by atomic mass is 32.2. The molecule has 0 bridgehead atoms. The molecule has 0 aliphatic carbocycles. The Balaban J connectivity index is 1.13. The van der Waals surface area contributed by atoms with Crippen LogP contribution in [-0.4, -0.2) is 16.8 Å². The molecule has 6 aromatic carbocycles. The second-order valence-corrected chi connectivity index (χ2v) is 14.4. The van der Waals surface area contributed by atoms with Crippen molar-refractivity contribution in [3.05, 3.63) is 145 Å². The third kappa shape index (κ3) is 6.08. The predicted octanol–water partition coefficient (Wildman–Crippen LogP) is 8.71. The monoisotopic (exact) mass is 620 g/mol. The first kappa shape index (κ1) is 29.2. The van der Waals surface area contributed by atoms with Gasteiger partial charge in [0.2, 0.25) is 19.7 Å². The molecule has 0 aromatic heterocycles. The van der Waals surface area contributed by atoms with Gasteiger partial charge < -0.3 is 9.47 Å². The van der Waals surface area contributed by atoms with E-state index in [-0.39, 0.29) is 19.6 Å². The quantitative estimate of drug-likeness (QED) is 0.169. The summed E-state index contributed by atoms with van der Waals surface area (Å²) in [6.45, 7) is 3.82. The lowest BCUT2D eigenvalue weighted by Gasteiger charge is -2.11. The first-order valence-electron chi connectivity index (χ1n) is 13.8. The third-order valence-electron chi connectivity index (χ3n) is 7.19. The fourth-order valence-corrected chi connectivity index (χ4v) is 7.20. The molecule has 0 unspecified atom stereocenters. The summed E-state index contributed by atoms with van der Waals surface area (Å²) in [4.78, 5) is 0.889. The van der Waals surface area contributed by atoms with Crippen LogP contribution >= 0.6 is 0 Å². The van der Waals surface area contributed by atoms with E-state index >= 15 is 0 Å². The van der Waals surface area contributed by atoms with Gasteiger partial charge in [0.25, 0.3) is 0 Å². The van der Waals surface area contributed by atoms with E-state index in [1.807, 2.05) is 50.2 Å². The number of sulfone groups is 2. The first-order chi connectivity index (χ1) is 21.1. The molecule has 0 saturated carbocycles. The van der Waals surface area contributed by atoms with Crippen LogP contribution in [0.2, 0.25) is 0 Å². The molecule has 0 saturated heterocycles. The van der Waals surface area contributed by atoms with Gasteiger partial charge in [-0.1, -0.05) is 47.5 Å². The first-order valence-corrected chi connectivity index (χ1v) is 16.8. The van der Waals surface area contributed by atoms with Gasteiger partial charge in [-0.2, -0.15) is 0 Å². The number of aryl methyl sites for hydroxylation is 2. The number of ether oxygens (including phenoxy) is 2. The largest absolute Gasteiger partial charge is 0.457 e. The van der Waals surface area contributed by atoms with E-state index in [0.717, 1.165) is 21.9 Å². The van der Waals surface area contributed by atoms with Crippen LogP contribution in [0.25, 0.3) is 10.8 Å². The van der Waals surface area contributed by atoms with E-state index in [1.165, 1.54) is 0 Å². The Hall–Kier alpha value is -4.92. The maximum atomic E-state index is 12.9. The molecule has 0 N–H and O–H groups in total. The molecular formula is C36H28O6S2. The normalized spacial score (nSPS) is 11.8. The van der Waals surface area contributed by atoms with Crippen LogP contribution in [0.15, 0.2) is 153 Å². The van der Waals surface area contributed by atoms with E-state index in [9.17, 15) is 16.8 Å². The van der Waals surface area contributed by atoms with Crippen LogP contribution in [0.3, 0.4) is 0 Å². The van der Waals surface area contributed by atoms with Gasteiger partial charge in [0, 0.05) is 0 Å². The van der Waals surface area contributed by atoms with Gasteiger partial charge >= 0.3 is 0 Å². The minimum absolute atomic E-state index is 0.197. The third-order valence-corrected chi connectivity index (χ3v) is 10.8. The number of benzene rings is 6. The lowest BCUT2D eigenvalue weighted by atomic mass is 10.1. The van der Waals surface area contributed by atoms with Gasteiger partial charge in [-0.15, -0.1) is 0 Å². The van der Waals surface area contributed by atoms with E-state index in [4.69, 9.17) is 9.47 Å². The zero-order chi connectivity index (χ0) is 30.9. The van der Waals surface area contributed by atoms with Crippen molar-refractivity contribution in [3.63, 3.8) is 0 Å². The Morgan fingerprint density at radius 3 is 0.955 bits per heavy atom. The molecule has 0 radical (unpaired) electrons. The lowest BCUT2D eigenvalue weighted by molar-refractivity contribution is 0.481. The minimum atomic E-state index is -3.62. The van der Waals surface area contributed by atoms with Gasteiger partial charge in [-0.3, -0.25) is 0 Å². The van der Waals surface area contributed by atoms with Gasteiger partial charge in [-0.25, -0.2) is 16.8 Å². The SMILES string of the molecule is Cc1ccc(S(=O)(=O)c2ccc(Oc3ccc4cc(Oc5ccc(S(=O)(=O)c6ccc(C)cc6)cc5)ccc4c3)cc2)cc1. The lowest BCUT2D eigenvalue weighted by Crippen LogP contribution is -2.01. The summed E-state index contributed by atoms with van der Waals surface area (Å²) in [5.41, 5.74) is 1.98. The smallest absolute Gasteiger partial charge is 0.206 e. The molecule has 8 heteroatoms. The second-order valence-electron chi connectivity index (χ2n) is 10.5. The molecular weight excluding hydrogens is 593 g/mol. The summed E-state index contributed by atoms with van der Waals surface area (Å²) in [7, 11) is -7.23. The molecule has 0 aliphatic rings. The van der Waals surface area contributed by atoms with Crippen LogP contribution < -0.4 is 9.47 Å². The van der Waals surface area contributed by atoms with Crippen molar-refractivity contribution in [2.24, 2.45) is 0 Å². The Bertz CT molecular complexity index is 2010. The van der Waals surface area contributed by atoms with Crippen molar-refractivity contribution in [2.45, 2.75) is 33.4 Å². The second kappa shape index (κ2) is 11.6. The van der Waals surface area contributed by atoms with Gasteiger partial charge in [0.05, 0.1) is 19.6 Å². The molecule has 0 spiro atoms. The van der Waals surface area contributed by atoms with Crippen LogP contribution in [0, 0.1) is 13.8 Å². The molecule has 6 rings (SSSR count). The summed E-state index contributed by atoms with van der Waals surface area (Å²) in [5, 5.41) is 1.85. The Labute approximate surface area is 257 Å². The summed E-state index contributed by atoms with van der Waals surface area (Å²) in [5.74, 6) is 2.23. The van der Waals surface area contributed by atoms with E-state index in [2.05, 4.69) is 0 Å². The van der Waals surface area contributed by atoms with Gasteiger partial charge in [0.15, 0.2) is 0 Å². The standard InChI is InChI=1S/C36H28O6S2/c1-25-3-15-33(16-4-25)43(37,38)35-19-11-29(12-20-35)41-31-9-7-28-24-32(10-8-27(28)23-31)42-30-13-21-36(22-14-30)44(39,40)34-17-5-26(2)6-18-34/h3-24H,1-2H3. The van der Waals surface area contributed by atoms with Gasteiger partial charge in [0.1, 0.15) is 23.0 Å². The number of rotatable bonds is 8. The molecule has 0 amide bonds. The maximum absolute atomic E-state index is 12.9. The van der Waals surface area contributed by atoms with Crippen LogP contribution in [0.5, 0.6) is 23.0 Å². The summed E-state index contributed by atoms with van der Waals surface area (Å²) in [6.07, 6.45) is 0. The molecule has 44 heavy (non-hydrogen) atoms. The van der Waals surface area contributed by atoms with E-state index in [1.54, 1.807) is 97.1 Å². The minimum Gasteiger partial charge on any atom is -0.457 e. The summed E-state index contributed by atoms with van der Waals surface area (Å²) < 4.78 is 63.8. The van der Waals surface area contributed by atoms with Crippen molar-refractivity contribution in [1.29, 1.82) is 0 Å². The van der Waals surface area contributed by atoms with E-state index in [0.29, 0.717) is 23.0 Å². The van der Waals surface area contributed by atoms with Crippen LogP contribution in [-0.2, 0) is 19.7 Å². The zero-order valence-corrected chi connectivity index (χ0v) is 25.6. The molecule has 0 fully saturated rings. The fourth-order valence-electron chi connectivity index (χ4n) is 4.68. The molecule has 0 heterocycles. The van der Waals surface area contributed by atoms with Crippen molar-refractivity contribution in [1.82, 2.24) is 0 Å². The van der Waals surface area contributed by atoms with Crippen molar-refractivity contribution >= 4 is 30.4 Å². The van der Waals surface area contributed by atoms with Crippen molar-refractivity contribution < 1.29 is 26.3 Å². The number of hydrogen-bond donors (Lipinski definition) is 0. The Morgan fingerprint density at radius 1 is 0.364 bits per heavy atom. The van der Waals surface area contributed by atoms with Crippen molar-refractivity contribution in [2.75, 3.05) is 0 Å². The van der Waals surface area contributed by atoms with Crippen LogP contribution in [0.1, 0.15) is 11.1 Å². The van der Waals surface area contributed by atoms with Crippen LogP contribution in [0.4, 0.5) is 0 Å². The molecule has 6 nitrogen and oxygen atoms in total. The molecule has 0 aliphatic heterocycles. The Kier molecular flexibility index (Phi) is 7.71. The summed E-state index contributed by atoms with van der Waals surface area (Å²) >= 11 is 0. The average molecular weight is 621 g/mol. The highest BCUT2D eigenvalue weighted by Gasteiger charge is 2.18. The van der Waals surface area contributed by atoms with Gasteiger partial charge in [-0.05, 0) is 122 Å². The Morgan fingerprint density at radius 2 is 0.636 bits per heavy atom. The van der Waals surface area contributed by atoms with E-state index < -0.39 is 19.7 Å². The number of hydrogen-bond acceptors (Lipinski definition) is 6. The maximum Gasteiger partial charge on any atom is 0.206 e. The topological polar surface area (TPSA) is 86.7 Å². The highest BCUT2D eigenvalue weighted by molar-refractivity contribution is 7.91. The summed E-state index contributed by atoms with van der Waals surface area (Å²) in [6, 6.07) is 37.5. The average Bonchev–Trinajstić information content (AvgIpc) is 3.02. The zero-order valence-electron chi connectivity index (χ0n) is 24.0. The molecule has 220 valence electrons. The van der Waals surface area contributed by atoms with Crippen molar-refractivity contribution in [3.8, 4) is 23.0 Å². The molecule has 0 atom stereocenters. The molecule has 6 aromatic rings.